The van der Waals surface area contributed by atoms with E-state index in [0.29, 0.717) is 17.7 Å². The molecule has 6 nitrogen and oxygen atoms in total. The summed E-state index contributed by atoms with van der Waals surface area (Å²) in [6.07, 6.45) is 0. The molecule has 3 aromatic carbocycles. The Morgan fingerprint density at radius 1 is 0.968 bits per heavy atom. The van der Waals surface area contributed by atoms with Crippen LogP contribution in [0.5, 0.6) is 0 Å². The Hall–Kier alpha value is -3.23. The van der Waals surface area contributed by atoms with Gasteiger partial charge in [0, 0.05) is 17.7 Å². The second-order valence-corrected chi connectivity index (χ2v) is 8.89. The van der Waals surface area contributed by atoms with Crippen LogP contribution in [0, 0.1) is 5.82 Å². The molecule has 3 aromatic rings. The maximum atomic E-state index is 13.9. The average Bonchev–Trinajstić information content (AvgIpc) is 2.77. The Morgan fingerprint density at radius 2 is 1.71 bits per heavy atom. The summed E-state index contributed by atoms with van der Waals surface area (Å²) < 4.78 is 46.7. The van der Waals surface area contributed by atoms with Gasteiger partial charge in [0.15, 0.2) is 0 Å². The predicted octanol–water partition coefficient (Wildman–Crippen LogP) is 3.33. The van der Waals surface area contributed by atoms with E-state index in [-0.39, 0.29) is 23.7 Å². The van der Waals surface area contributed by atoms with Gasteiger partial charge in [-0.3, -0.25) is 9.10 Å². The summed E-state index contributed by atoms with van der Waals surface area (Å²) in [6, 6.07) is 19.9. The van der Waals surface area contributed by atoms with Gasteiger partial charge in [0.05, 0.1) is 23.8 Å². The molecule has 0 saturated heterocycles. The number of nitrogens with zero attached hydrogens (tertiary/aromatic N) is 1. The van der Waals surface area contributed by atoms with Gasteiger partial charge in [0.2, 0.25) is 5.91 Å². The summed E-state index contributed by atoms with van der Waals surface area (Å²) in [6.45, 7) is 0.547. The number of halogens is 1. The van der Waals surface area contributed by atoms with E-state index in [2.05, 4.69) is 5.32 Å². The first-order valence-electron chi connectivity index (χ1n) is 9.77. The quantitative estimate of drug-likeness (QED) is 0.572. The van der Waals surface area contributed by atoms with Gasteiger partial charge in [0.1, 0.15) is 12.4 Å². The van der Waals surface area contributed by atoms with Gasteiger partial charge in [-0.05, 0) is 29.8 Å². The van der Waals surface area contributed by atoms with Crippen LogP contribution in [-0.4, -0.2) is 34.0 Å². The van der Waals surface area contributed by atoms with Gasteiger partial charge >= 0.3 is 0 Å². The third-order valence-electron chi connectivity index (χ3n) is 4.94. The monoisotopic (exact) mass is 440 g/mol. The third-order valence-corrected chi connectivity index (χ3v) is 6.76. The summed E-state index contributed by atoms with van der Waals surface area (Å²) in [4.78, 5) is 12.5. The lowest BCUT2D eigenvalue weighted by Gasteiger charge is -2.31. The Morgan fingerprint density at radius 3 is 2.52 bits per heavy atom. The maximum absolute atomic E-state index is 13.9. The number of hydrogen-bond donors (Lipinski definition) is 1. The molecule has 160 valence electrons. The van der Waals surface area contributed by atoms with Crippen molar-refractivity contribution in [3.05, 3.63) is 84.2 Å². The normalized spacial score (nSPS) is 13.9. The van der Waals surface area contributed by atoms with Crippen molar-refractivity contribution in [2.24, 2.45) is 0 Å². The fourth-order valence-corrected chi connectivity index (χ4v) is 5.14. The van der Waals surface area contributed by atoms with E-state index in [4.69, 9.17) is 4.74 Å². The second kappa shape index (κ2) is 8.87. The summed E-state index contributed by atoms with van der Waals surface area (Å²) in [7, 11) is -3.96. The number of ether oxygens (including phenoxy) is 1. The van der Waals surface area contributed by atoms with E-state index in [1.807, 2.05) is 30.3 Å². The molecule has 0 aromatic heterocycles. The van der Waals surface area contributed by atoms with E-state index >= 15 is 0 Å². The summed E-state index contributed by atoms with van der Waals surface area (Å²) in [5.41, 5.74) is 2.15. The standard InChI is InChI=1S/C23H21FN2O4S/c24-18-10-11-21-20(14-18)19-8-4-5-9-22(19)31(28,29)26(21)15-23(27)25-12-13-30-16-17-6-2-1-3-7-17/h1-11,14H,12-13,15-16H2,(H,25,27). The van der Waals surface area contributed by atoms with Crippen LogP contribution in [0.25, 0.3) is 11.1 Å². The van der Waals surface area contributed by atoms with E-state index in [1.54, 1.807) is 18.2 Å². The minimum absolute atomic E-state index is 0.0482. The lowest BCUT2D eigenvalue weighted by molar-refractivity contribution is -0.119. The molecular weight excluding hydrogens is 419 g/mol. The topological polar surface area (TPSA) is 75.7 Å². The molecule has 4 rings (SSSR count). The zero-order valence-electron chi connectivity index (χ0n) is 16.6. The lowest BCUT2D eigenvalue weighted by atomic mass is 10.0. The highest BCUT2D eigenvalue weighted by Crippen LogP contribution is 2.42. The van der Waals surface area contributed by atoms with Crippen LogP contribution in [0.3, 0.4) is 0 Å². The van der Waals surface area contributed by atoms with Crippen molar-refractivity contribution in [3.63, 3.8) is 0 Å². The van der Waals surface area contributed by atoms with Crippen molar-refractivity contribution in [2.75, 3.05) is 24.0 Å². The number of benzene rings is 3. The molecule has 1 amide bonds. The molecule has 1 aliphatic heterocycles. The van der Waals surface area contributed by atoms with E-state index < -0.39 is 28.3 Å². The average molecular weight is 440 g/mol. The van der Waals surface area contributed by atoms with Crippen molar-refractivity contribution in [3.8, 4) is 11.1 Å². The van der Waals surface area contributed by atoms with Gasteiger partial charge in [-0.2, -0.15) is 0 Å². The second-order valence-electron chi connectivity index (χ2n) is 7.06. The Balaban J connectivity index is 1.43. The van der Waals surface area contributed by atoms with Crippen molar-refractivity contribution in [2.45, 2.75) is 11.5 Å². The third kappa shape index (κ3) is 4.45. The van der Waals surface area contributed by atoms with Crippen LogP contribution >= 0.6 is 0 Å². The van der Waals surface area contributed by atoms with Crippen LogP contribution in [0.4, 0.5) is 10.1 Å². The molecule has 0 bridgehead atoms. The molecule has 0 fully saturated rings. The lowest BCUT2D eigenvalue weighted by Crippen LogP contribution is -2.43. The van der Waals surface area contributed by atoms with Crippen molar-refractivity contribution < 1.29 is 22.3 Å². The molecule has 1 N–H and O–H groups in total. The SMILES string of the molecule is O=C(CN1c2ccc(F)cc2-c2ccccc2S1(=O)=O)NCCOCc1ccccc1. The van der Waals surface area contributed by atoms with Gasteiger partial charge in [0.25, 0.3) is 10.0 Å². The number of amides is 1. The van der Waals surface area contributed by atoms with Gasteiger partial charge in [-0.15, -0.1) is 0 Å². The number of sulfonamides is 1. The number of nitrogens with one attached hydrogen (secondary N) is 1. The maximum Gasteiger partial charge on any atom is 0.265 e. The summed E-state index contributed by atoms with van der Waals surface area (Å²) >= 11 is 0. The molecule has 31 heavy (non-hydrogen) atoms. The van der Waals surface area contributed by atoms with Crippen LogP contribution in [0.2, 0.25) is 0 Å². The molecular formula is C23H21FN2O4S. The summed E-state index contributed by atoms with van der Waals surface area (Å²) in [5.74, 6) is -0.950. The number of hydrogen-bond acceptors (Lipinski definition) is 4. The molecule has 0 unspecified atom stereocenters. The highest BCUT2D eigenvalue weighted by atomic mass is 32.2. The highest BCUT2D eigenvalue weighted by molar-refractivity contribution is 7.93. The van der Waals surface area contributed by atoms with Gasteiger partial charge < -0.3 is 10.1 Å². The fourth-order valence-electron chi connectivity index (χ4n) is 3.49. The number of anilines is 1. The van der Waals surface area contributed by atoms with Gasteiger partial charge in [-0.1, -0.05) is 48.5 Å². The first kappa shape index (κ1) is 21.0. The minimum Gasteiger partial charge on any atom is -0.375 e. The van der Waals surface area contributed by atoms with Crippen LogP contribution < -0.4 is 9.62 Å². The Bertz CT molecular complexity index is 1200. The van der Waals surface area contributed by atoms with Crippen molar-refractivity contribution >= 4 is 21.6 Å². The van der Waals surface area contributed by atoms with Crippen LogP contribution in [-0.2, 0) is 26.2 Å². The van der Waals surface area contributed by atoms with E-state index in [1.165, 1.54) is 24.3 Å². The number of fused-ring (bicyclic) bond motifs is 3. The Labute approximate surface area is 180 Å². The molecule has 1 heterocycles. The first-order chi connectivity index (χ1) is 15.0. The van der Waals surface area contributed by atoms with Crippen LogP contribution in [0.15, 0.2) is 77.7 Å². The first-order valence-corrected chi connectivity index (χ1v) is 11.2. The summed E-state index contributed by atoms with van der Waals surface area (Å²) in [5, 5.41) is 2.68. The van der Waals surface area contributed by atoms with Crippen molar-refractivity contribution in [1.82, 2.24) is 5.32 Å². The number of carbonyl (C=O) groups is 1. The predicted molar refractivity (Wildman–Crippen MR) is 115 cm³/mol. The minimum atomic E-state index is -3.96. The molecule has 0 saturated carbocycles. The number of rotatable bonds is 7. The molecule has 0 radical (unpaired) electrons. The zero-order valence-corrected chi connectivity index (χ0v) is 17.4. The largest absolute Gasteiger partial charge is 0.375 e. The van der Waals surface area contributed by atoms with E-state index in [9.17, 15) is 17.6 Å². The zero-order chi connectivity index (χ0) is 21.8. The molecule has 0 aliphatic carbocycles. The van der Waals surface area contributed by atoms with Crippen LogP contribution in [0.1, 0.15) is 5.56 Å². The Kier molecular flexibility index (Phi) is 6.01. The van der Waals surface area contributed by atoms with Gasteiger partial charge in [-0.25, -0.2) is 12.8 Å². The molecule has 8 heteroatoms. The molecule has 1 aliphatic rings. The van der Waals surface area contributed by atoms with Crippen molar-refractivity contribution in [1.29, 1.82) is 0 Å². The molecule has 0 spiro atoms. The fraction of sp³-hybridized carbons (Fsp3) is 0.174. The molecule has 0 atom stereocenters. The van der Waals surface area contributed by atoms with E-state index in [0.717, 1.165) is 9.87 Å². The highest BCUT2D eigenvalue weighted by Gasteiger charge is 2.35. The smallest absolute Gasteiger partial charge is 0.265 e. The number of carbonyl (C=O) groups excluding carboxylic acids is 1.